The highest BCUT2D eigenvalue weighted by atomic mass is 16.1. The highest BCUT2D eigenvalue weighted by Crippen LogP contribution is 1.96. The normalized spacial score (nSPS) is 10.1. The van der Waals surface area contributed by atoms with Crippen molar-refractivity contribution in [2.75, 3.05) is 6.54 Å². The molecule has 2 aromatic heterocycles. The van der Waals surface area contributed by atoms with E-state index in [0.717, 1.165) is 18.7 Å². The smallest absolute Gasteiger partial charge is 0.252 e. The number of rotatable bonds is 5. The van der Waals surface area contributed by atoms with Gasteiger partial charge in [-0.15, -0.1) is 0 Å². The zero-order valence-corrected chi connectivity index (χ0v) is 9.26. The lowest BCUT2D eigenvalue weighted by molar-refractivity contribution is 0.0953. The van der Waals surface area contributed by atoms with E-state index >= 15 is 0 Å². The maximum Gasteiger partial charge on any atom is 0.252 e. The first kappa shape index (κ1) is 11.3. The van der Waals surface area contributed by atoms with Crippen molar-refractivity contribution in [3.05, 3.63) is 42.2 Å². The molecular formula is C11H13N5O. The first-order chi connectivity index (χ1) is 8.36. The minimum absolute atomic E-state index is 0.101. The molecule has 2 aromatic rings. The van der Waals surface area contributed by atoms with E-state index < -0.39 is 0 Å². The molecule has 6 nitrogen and oxygen atoms in total. The molecule has 2 N–H and O–H groups in total. The number of carbonyl (C=O) groups excluding carboxylic acids is 1. The molecule has 2 rings (SSSR count). The van der Waals surface area contributed by atoms with Crippen molar-refractivity contribution in [2.45, 2.75) is 12.8 Å². The molecule has 0 spiro atoms. The van der Waals surface area contributed by atoms with E-state index in [4.69, 9.17) is 0 Å². The van der Waals surface area contributed by atoms with Gasteiger partial charge in [-0.3, -0.25) is 14.9 Å². The Morgan fingerprint density at radius 1 is 1.47 bits per heavy atom. The number of aromatic amines is 1. The van der Waals surface area contributed by atoms with E-state index in [2.05, 4.69) is 25.5 Å². The van der Waals surface area contributed by atoms with Crippen molar-refractivity contribution in [2.24, 2.45) is 0 Å². The molecule has 0 unspecified atom stereocenters. The first-order valence-electron chi connectivity index (χ1n) is 5.39. The number of aromatic nitrogens is 4. The number of pyridine rings is 1. The number of amides is 1. The summed E-state index contributed by atoms with van der Waals surface area (Å²) >= 11 is 0. The molecule has 6 heteroatoms. The minimum Gasteiger partial charge on any atom is -0.352 e. The molecule has 88 valence electrons. The van der Waals surface area contributed by atoms with Crippen LogP contribution in [-0.2, 0) is 6.42 Å². The second kappa shape index (κ2) is 5.74. The van der Waals surface area contributed by atoms with Gasteiger partial charge >= 0.3 is 0 Å². The van der Waals surface area contributed by atoms with Gasteiger partial charge in [0.2, 0.25) is 0 Å². The first-order valence-corrected chi connectivity index (χ1v) is 5.39. The Labute approximate surface area is 98.5 Å². The number of hydrogen-bond acceptors (Lipinski definition) is 4. The van der Waals surface area contributed by atoms with Crippen molar-refractivity contribution < 1.29 is 4.79 Å². The molecule has 1 amide bonds. The Hall–Kier alpha value is -2.24. The quantitative estimate of drug-likeness (QED) is 0.736. The molecule has 0 atom stereocenters. The number of nitrogens with one attached hydrogen (secondary N) is 2. The fraction of sp³-hybridized carbons (Fsp3) is 0.273. The topological polar surface area (TPSA) is 83.6 Å². The van der Waals surface area contributed by atoms with Crippen LogP contribution in [0.25, 0.3) is 0 Å². The molecule has 0 saturated heterocycles. The third-order valence-electron chi connectivity index (χ3n) is 2.26. The highest BCUT2D eigenvalue weighted by Gasteiger charge is 2.03. The summed E-state index contributed by atoms with van der Waals surface area (Å²) in [5, 5.41) is 9.35. The summed E-state index contributed by atoms with van der Waals surface area (Å²) in [5.41, 5.74) is 0.576. The molecule has 0 bridgehead atoms. The monoisotopic (exact) mass is 231 g/mol. The van der Waals surface area contributed by atoms with Crippen LogP contribution in [0.3, 0.4) is 0 Å². The predicted octanol–water partition coefficient (Wildman–Crippen LogP) is 0.562. The summed E-state index contributed by atoms with van der Waals surface area (Å²) in [6.07, 6.45) is 6.25. The van der Waals surface area contributed by atoms with Crippen LogP contribution in [0.1, 0.15) is 22.6 Å². The van der Waals surface area contributed by atoms with Gasteiger partial charge in [0.1, 0.15) is 12.2 Å². The number of H-pyrrole nitrogens is 1. The lowest BCUT2D eigenvalue weighted by Gasteiger charge is -2.03. The standard InChI is InChI=1S/C11H13N5O/c17-11(9-3-1-5-12-7-9)13-6-2-4-10-14-8-15-16-10/h1,3,5,7-8H,2,4,6H2,(H,13,17)(H,14,15,16). The van der Waals surface area contributed by atoms with Crippen molar-refractivity contribution in [1.29, 1.82) is 0 Å². The van der Waals surface area contributed by atoms with Gasteiger partial charge in [0.05, 0.1) is 5.56 Å². The van der Waals surface area contributed by atoms with Gasteiger partial charge < -0.3 is 5.32 Å². The van der Waals surface area contributed by atoms with Gasteiger partial charge in [-0.05, 0) is 18.6 Å². The second-order valence-electron chi connectivity index (χ2n) is 3.53. The fourth-order valence-corrected chi connectivity index (χ4v) is 1.41. The highest BCUT2D eigenvalue weighted by molar-refractivity contribution is 5.93. The van der Waals surface area contributed by atoms with E-state index in [0.29, 0.717) is 12.1 Å². The molecule has 2 heterocycles. The summed E-state index contributed by atoms with van der Waals surface area (Å²) in [5.74, 6) is 0.733. The molecule has 0 radical (unpaired) electrons. The molecule has 0 aliphatic rings. The Kier molecular flexibility index (Phi) is 3.80. The third-order valence-corrected chi connectivity index (χ3v) is 2.26. The minimum atomic E-state index is -0.101. The lowest BCUT2D eigenvalue weighted by Crippen LogP contribution is -2.24. The lowest BCUT2D eigenvalue weighted by atomic mass is 10.2. The van der Waals surface area contributed by atoms with Crippen molar-refractivity contribution >= 4 is 5.91 Å². The molecule has 17 heavy (non-hydrogen) atoms. The van der Waals surface area contributed by atoms with Gasteiger partial charge in [0.25, 0.3) is 5.91 Å². The SMILES string of the molecule is O=C(NCCCc1ncn[nH]1)c1cccnc1. The van der Waals surface area contributed by atoms with Gasteiger partial charge in [0.15, 0.2) is 0 Å². The number of aryl methyl sites for hydroxylation is 1. The summed E-state index contributed by atoms with van der Waals surface area (Å²) in [6.45, 7) is 0.606. The summed E-state index contributed by atoms with van der Waals surface area (Å²) in [4.78, 5) is 19.5. The zero-order valence-electron chi connectivity index (χ0n) is 9.26. The van der Waals surface area contributed by atoms with E-state index in [9.17, 15) is 4.79 Å². The van der Waals surface area contributed by atoms with Crippen LogP contribution in [0.2, 0.25) is 0 Å². The zero-order chi connectivity index (χ0) is 11.9. The number of nitrogens with zero attached hydrogens (tertiary/aromatic N) is 3. The summed E-state index contributed by atoms with van der Waals surface area (Å²) in [7, 11) is 0. The van der Waals surface area contributed by atoms with Crippen molar-refractivity contribution in [1.82, 2.24) is 25.5 Å². The average molecular weight is 231 g/mol. The van der Waals surface area contributed by atoms with Crippen LogP contribution in [-0.4, -0.2) is 32.6 Å². The molecular weight excluding hydrogens is 218 g/mol. The largest absolute Gasteiger partial charge is 0.352 e. The third kappa shape index (κ3) is 3.37. The summed E-state index contributed by atoms with van der Waals surface area (Å²) < 4.78 is 0. The Morgan fingerprint density at radius 3 is 3.12 bits per heavy atom. The van der Waals surface area contributed by atoms with Gasteiger partial charge in [-0.1, -0.05) is 0 Å². The van der Waals surface area contributed by atoms with Crippen molar-refractivity contribution in [3.63, 3.8) is 0 Å². The molecule has 0 fully saturated rings. The Balaban J connectivity index is 1.70. The van der Waals surface area contributed by atoms with Crippen LogP contribution in [0.5, 0.6) is 0 Å². The molecule has 0 aliphatic carbocycles. The van der Waals surface area contributed by atoms with E-state index in [1.165, 1.54) is 6.33 Å². The second-order valence-corrected chi connectivity index (χ2v) is 3.53. The van der Waals surface area contributed by atoms with Crippen LogP contribution in [0.15, 0.2) is 30.9 Å². The summed E-state index contributed by atoms with van der Waals surface area (Å²) in [6, 6.07) is 3.47. The average Bonchev–Trinajstić information content (AvgIpc) is 2.88. The Morgan fingerprint density at radius 2 is 2.41 bits per heavy atom. The fourth-order valence-electron chi connectivity index (χ4n) is 1.41. The van der Waals surface area contributed by atoms with E-state index in [-0.39, 0.29) is 5.91 Å². The Bertz CT molecular complexity index is 454. The van der Waals surface area contributed by atoms with Crippen LogP contribution < -0.4 is 5.32 Å². The molecule has 0 aromatic carbocycles. The van der Waals surface area contributed by atoms with Crippen molar-refractivity contribution in [3.8, 4) is 0 Å². The van der Waals surface area contributed by atoms with Gasteiger partial charge in [-0.2, -0.15) is 5.10 Å². The van der Waals surface area contributed by atoms with Crippen LogP contribution in [0.4, 0.5) is 0 Å². The number of hydrogen-bond donors (Lipinski definition) is 2. The maximum absolute atomic E-state index is 11.6. The predicted molar refractivity (Wildman–Crippen MR) is 61.3 cm³/mol. The van der Waals surface area contributed by atoms with E-state index in [1.807, 2.05) is 0 Å². The molecule has 0 saturated carbocycles. The van der Waals surface area contributed by atoms with Gasteiger partial charge in [-0.25, -0.2) is 4.98 Å². The van der Waals surface area contributed by atoms with Crippen LogP contribution in [0, 0.1) is 0 Å². The van der Waals surface area contributed by atoms with E-state index in [1.54, 1.807) is 24.5 Å². The van der Waals surface area contributed by atoms with Crippen LogP contribution >= 0.6 is 0 Å². The van der Waals surface area contributed by atoms with Gasteiger partial charge in [0, 0.05) is 25.4 Å². The molecule has 0 aliphatic heterocycles. The number of carbonyl (C=O) groups is 1. The maximum atomic E-state index is 11.6.